The van der Waals surface area contributed by atoms with Crippen molar-refractivity contribution in [2.24, 2.45) is 0 Å². The summed E-state index contributed by atoms with van der Waals surface area (Å²) >= 11 is 0. The number of phenols is 1. The number of carbonyl (C=O) groups is 1. The average molecular weight is 213 g/mol. The lowest BCUT2D eigenvalue weighted by Gasteiger charge is -2.16. The fourth-order valence-electron chi connectivity index (χ4n) is 1.12. The van der Waals surface area contributed by atoms with E-state index in [4.69, 9.17) is 15.9 Å². The van der Waals surface area contributed by atoms with Crippen molar-refractivity contribution in [1.82, 2.24) is 0 Å². The van der Waals surface area contributed by atoms with E-state index in [1.165, 1.54) is 18.2 Å². The van der Waals surface area contributed by atoms with Crippen molar-refractivity contribution in [2.75, 3.05) is 5.73 Å². The summed E-state index contributed by atoms with van der Waals surface area (Å²) < 4.78 is 0. The van der Waals surface area contributed by atoms with Gasteiger partial charge in [0.15, 0.2) is 6.10 Å². The summed E-state index contributed by atoms with van der Waals surface area (Å²) in [5.41, 5.74) is 5.23. The molecule has 0 saturated heterocycles. The Kier molecular flexibility index (Phi) is 3.13. The molecule has 15 heavy (non-hydrogen) atoms. The number of para-hydroxylation sites is 1. The van der Waals surface area contributed by atoms with Gasteiger partial charge in [-0.3, -0.25) is 0 Å². The first kappa shape index (κ1) is 11.3. The molecule has 0 aromatic heterocycles. The maximum absolute atomic E-state index is 10.4. The number of aliphatic carboxylic acids is 1. The van der Waals surface area contributed by atoms with E-state index in [1.54, 1.807) is 0 Å². The van der Waals surface area contributed by atoms with Gasteiger partial charge in [-0.05, 0) is 6.07 Å². The Morgan fingerprint density at radius 2 is 1.93 bits per heavy atom. The number of carboxylic acid groups (broad SMARTS) is 1. The zero-order chi connectivity index (χ0) is 11.6. The fraction of sp³-hybridized carbons (Fsp3) is 0.222. The van der Waals surface area contributed by atoms with E-state index in [1.807, 2.05) is 0 Å². The summed E-state index contributed by atoms with van der Waals surface area (Å²) in [6.45, 7) is 0. The molecule has 2 atom stereocenters. The largest absolute Gasteiger partial charge is 0.505 e. The molecule has 0 amide bonds. The van der Waals surface area contributed by atoms with Crippen LogP contribution in [0.2, 0.25) is 0 Å². The molecule has 6 heteroatoms. The number of nitrogen functional groups attached to an aromatic ring is 1. The van der Waals surface area contributed by atoms with E-state index < -0.39 is 23.9 Å². The number of carboxylic acids is 1. The minimum Gasteiger partial charge on any atom is -0.505 e. The smallest absolute Gasteiger partial charge is 0.335 e. The predicted octanol–water partition coefficient (Wildman–Crippen LogP) is -0.547. The van der Waals surface area contributed by atoms with Gasteiger partial charge in [0.25, 0.3) is 0 Å². The highest BCUT2D eigenvalue weighted by Crippen LogP contribution is 2.31. The van der Waals surface area contributed by atoms with Crippen LogP contribution in [0.4, 0.5) is 5.69 Å². The summed E-state index contributed by atoms with van der Waals surface area (Å²) in [4.78, 5) is 10.4. The standard InChI is InChI=1S/C9H11NO5/c10-5-3-1-2-4(6(5)11)7(12)8(13)9(14)15/h1-3,7-8,11-13H,10H2,(H,14,15). The van der Waals surface area contributed by atoms with Gasteiger partial charge in [-0.1, -0.05) is 12.1 Å². The third kappa shape index (κ3) is 2.17. The van der Waals surface area contributed by atoms with E-state index in [9.17, 15) is 15.0 Å². The summed E-state index contributed by atoms with van der Waals surface area (Å²) in [6, 6.07) is 4.10. The van der Waals surface area contributed by atoms with Crippen LogP contribution in [0, 0.1) is 0 Å². The number of aliphatic hydroxyl groups is 2. The van der Waals surface area contributed by atoms with Crippen LogP contribution in [-0.2, 0) is 4.79 Å². The molecule has 6 N–H and O–H groups in total. The van der Waals surface area contributed by atoms with Crippen molar-refractivity contribution in [1.29, 1.82) is 0 Å². The van der Waals surface area contributed by atoms with Crippen LogP contribution in [0.1, 0.15) is 11.7 Å². The van der Waals surface area contributed by atoms with Crippen LogP contribution < -0.4 is 5.73 Å². The monoisotopic (exact) mass is 213 g/mol. The maximum Gasteiger partial charge on any atom is 0.335 e. The lowest BCUT2D eigenvalue weighted by atomic mass is 10.0. The highest BCUT2D eigenvalue weighted by molar-refractivity contribution is 5.73. The number of nitrogens with two attached hydrogens (primary N) is 1. The van der Waals surface area contributed by atoms with Crippen molar-refractivity contribution in [2.45, 2.75) is 12.2 Å². The predicted molar refractivity (Wildman–Crippen MR) is 51.1 cm³/mol. The molecular formula is C9H11NO5. The Balaban J connectivity index is 3.06. The Morgan fingerprint density at radius 3 is 2.47 bits per heavy atom. The highest BCUT2D eigenvalue weighted by Gasteiger charge is 2.27. The molecule has 0 aliphatic carbocycles. The van der Waals surface area contributed by atoms with E-state index in [0.717, 1.165) is 0 Å². The van der Waals surface area contributed by atoms with Gasteiger partial charge in [0.2, 0.25) is 0 Å². The van der Waals surface area contributed by atoms with Crippen molar-refractivity contribution in [3.8, 4) is 5.75 Å². The van der Waals surface area contributed by atoms with Gasteiger partial charge in [-0.15, -0.1) is 0 Å². The molecule has 82 valence electrons. The summed E-state index contributed by atoms with van der Waals surface area (Å²) in [5.74, 6) is -2.00. The molecule has 0 spiro atoms. The van der Waals surface area contributed by atoms with Gasteiger partial charge in [-0.25, -0.2) is 4.79 Å². The number of phenolic OH excluding ortho intramolecular Hbond substituents is 1. The van der Waals surface area contributed by atoms with Crippen LogP contribution in [0.5, 0.6) is 5.75 Å². The normalized spacial score (nSPS) is 14.5. The maximum atomic E-state index is 10.4. The molecule has 1 rings (SSSR count). The van der Waals surface area contributed by atoms with Crippen LogP contribution in [0.3, 0.4) is 0 Å². The van der Waals surface area contributed by atoms with Crippen molar-refractivity contribution in [3.63, 3.8) is 0 Å². The molecular weight excluding hydrogens is 202 g/mol. The van der Waals surface area contributed by atoms with E-state index >= 15 is 0 Å². The average Bonchev–Trinajstić information content (AvgIpc) is 2.20. The molecule has 0 heterocycles. The van der Waals surface area contributed by atoms with Crippen molar-refractivity contribution >= 4 is 11.7 Å². The van der Waals surface area contributed by atoms with Crippen LogP contribution in [0.25, 0.3) is 0 Å². The highest BCUT2D eigenvalue weighted by atomic mass is 16.4. The van der Waals surface area contributed by atoms with Gasteiger partial charge >= 0.3 is 5.97 Å². The van der Waals surface area contributed by atoms with E-state index in [0.29, 0.717) is 0 Å². The topological polar surface area (TPSA) is 124 Å². The van der Waals surface area contributed by atoms with Gasteiger partial charge in [0, 0.05) is 5.56 Å². The first-order chi connectivity index (χ1) is 6.95. The molecule has 1 aromatic rings. The molecule has 0 radical (unpaired) electrons. The second-order valence-electron chi connectivity index (χ2n) is 3.01. The fourth-order valence-corrected chi connectivity index (χ4v) is 1.12. The van der Waals surface area contributed by atoms with Gasteiger partial charge in [-0.2, -0.15) is 0 Å². The summed E-state index contributed by atoms with van der Waals surface area (Å²) in [7, 11) is 0. The number of hydrogen-bond donors (Lipinski definition) is 5. The van der Waals surface area contributed by atoms with Crippen molar-refractivity contribution < 1.29 is 25.2 Å². The number of aliphatic hydroxyl groups excluding tert-OH is 2. The SMILES string of the molecule is Nc1cccc(C(O)C(O)C(=O)O)c1O. The summed E-state index contributed by atoms with van der Waals surface area (Å²) in [5, 5.41) is 36.3. The number of benzene rings is 1. The number of anilines is 1. The number of hydrogen-bond acceptors (Lipinski definition) is 5. The lowest BCUT2D eigenvalue weighted by Crippen LogP contribution is -2.27. The zero-order valence-electron chi connectivity index (χ0n) is 7.66. The van der Waals surface area contributed by atoms with Crippen LogP contribution in [-0.4, -0.2) is 32.5 Å². The number of aromatic hydroxyl groups is 1. The molecule has 0 saturated carbocycles. The number of rotatable bonds is 3. The van der Waals surface area contributed by atoms with Crippen molar-refractivity contribution in [3.05, 3.63) is 23.8 Å². The second-order valence-corrected chi connectivity index (χ2v) is 3.01. The zero-order valence-corrected chi connectivity index (χ0v) is 7.66. The first-order valence-corrected chi connectivity index (χ1v) is 4.11. The molecule has 1 aromatic carbocycles. The Labute approximate surface area is 85.2 Å². The molecule has 0 fully saturated rings. The molecule has 2 unspecified atom stereocenters. The Hall–Kier alpha value is -1.79. The molecule has 0 aliphatic heterocycles. The molecule has 0 aliphatic rings. The molecule has 6 nitrogen and oxygen atoms in total. The Morgan fingerprint density at radius 1 is 1.33 bits per heavy atom. The molecule has 0 bridgehead atoms. The minimum atomic E-state index is -2.00. The Bertz CT molecular complexity index is 379. The van der Waals surface area contributed by atoms with Gasteiger partial charge < -0.3 is 26.2 Å². The van der Waals surface area contributed by atoms with E-state index in [-0.39, 0.29) is 11.3 Å². The first-order valence-electron chi connectivity index (χ1n) is 4.11. The third-order valence-corrected chi connectivity index (χ3v) is 1.97. The van der Waals surface area contributed by atoms with Gasteiger partial charge in [0.1, 0.15) is 11.9 Å². The van der Waals surface area contributed by atoms with Crippen LogP contribution in [0.15, 0.2) is 18.2 Å². The van der Waals surface area contributed by atoms with Gasteiger partial charge in [0.05, 0.1) is 5.69 Å². The minimum absolute atomic E-state index is 0.00383. The van der Waals surface area contributed by atoms with Crippen LogP contribution >= 0.6 is 0 Å². The summed E-state index contributed by atoms with van der Waals surface area (Å²) in [6.07, 6.45) is -3.72. The second kappa shape index (κ2) is 4.16. The lowest BCUT2D eigenvalue weighted by molar-refractivity contribution is -0.153. The third-order valence-electron chi connectivity index (χ3n) is 1.97. The quantitative estimate of drug-likeness (QED) is 0.339. The van der Waals surface area contributed by atoms with E-state index in [2.05, 4.69) is 0 Å².